The van der Waals surface area contributed by atoms with Crippen LogP contribution in [0.4, 0.5) is 17.1 Å². The Bertz CT molecular complexity index is 1870. The first-order chi connectivity index (χ1) is 20.4. The summed E-state index contributed by atoms with van der Waals surface area (Å²) in [5.41, 5.74) is 13.4. The van der Waals surface area contributed by atoms with Gasteiger partial charge in [-0.2, -0.15) is 0 Å². The summed E-state index contributed by atoms with van der Waals surface area (Å²) in [4.78, 5) is 7.25. The first-order valence-corrected chi connectivity index (χ1v) is 14.2. The van der Waals surface area contributed by atoms with Crippen molar-refractivity contribution in [3.05, 3.63) is 185 Å². The molecule has 194 valence electrons. The molecule has 2 nitrogen and oxygen atoms in total. The lowest BCUT2D eigenvalue weighted by molar-refractivity contribution is 0.751. The molecule has 0 amide bonds. The lowest BCUT2D eigenvalue weighted by atomic mass is 9.64. The van der Waals surface area contributed by atoms with Crippen LogP contribution in [-0.2, 0) is 12.0 Å². The van der Waals surface area contributed by atoms with Gasteiger partial charge in [0.25, 0.3) is 0 Å². The molecule has 41 heavy (non-hydrogen) atoms. The highest BCUT2D eigenvalue weighted by Gasteiger charge is 2.51. The van der Waals surface area contributed by atoms with Crippen molar-refractivity contribution in [3.8, 4) is 11.1 Å². The van der Waals surface area contributed by atoms with Crippen molar-refractivity contribution in [1.29, 1.82) is 0 Å². The molecular formula is C39H28N2. The highest BCUT2D eigenvalue weighted by Crippen LogP contribution is 2.63. The summed E-state index contributed by atoms with van der Waals surface area (Å²) < 4.78 is 0. The number of nitrogens with zero attached hydrogens (tertiary/aromatic N) is 2. The molecule has 6 aromatic carbocycles. The molecule has 1 spiro atoms. The number of fused-ring (bicyclic) bond motifs is 9. The largest absolute Gasteiger partial charge is 0.310 e. The van der Waals surface area contributed by atoms with E-state index in [1.165, 1.54) is 50.3 Å². The second-order valence-corrected chi connectivity index (χ2v) is 10.8. The molecular weight excluding hydrogens is 496 g/mol. The molecule has 0 saturated carbocycles. The Hall–Kier alpha value is -5.21. The van der Waals surface area contributed by atoms with Crippen LogP contribution < -0.4 is 4.90 Å². The molecule has 0 atom stereocenters. The van der Waals surface area contributed by atoms with E-state index in [4.69, 9.17) is 4.99 Å². The highest BCUT2D eigenvalue weighted by atomic mass is 15.2. The predicted octanol–water partition coefficient (Wildman–Crippen LogP) is 9.45. The quantitative estimate of drug-likeness (QED) is 0.209. The fourth-order valence-corrected chi connectivity index (χ4v) is 6.90. The number of aliphatic imine (C=N–C) groups is 1. The normalized spacial score (nSPS) is 14.0. The summed E-state index contributed by atoms with van der Waals surface area (Å²) in [7, 11) is 0. The van der Waals surface area contributed by atoms with Crippen molar-refractivity contribution in [3.63, 3.8) is 0 Å². The Morgan fingerprint density at radius 3 is 1.78 bits per heavy atom. The van der Waals surface area contributed by atoms with Crippen molar-refractivity contribution >= 4 is 23.3 Å². The van der Waals surface area contributed by atoms with E-state index in [1.807, 2.05) is 12.3 Å². The highest BCUT2D eigenvalue weighted by molar-refractivity contribution is 5.95. The molecule has 2 aliphatic rings. The molecule has 0 aromatic heterocycles. The molecule has 1 aliphatic heterocycles. The summed E-state index contributed by atoms with van der Waals surface area (Å²) in [6.45, 7) is 0.633. The summed E-state index contributed by atoms with van der Waals surface area (Å²) >= 11 is 0. The van der Waals surface area contributed by atoms with E-state index in [0.29, 0.717) is 6.54 Å². The maximum atomic E-state index is 4.83. The topological polar surface area (TPSA) is 15.6 Å². The molecule has 0 bridgehead atoms. The van der Waals surface area contributed by atoms with Crippen LogP contribution in [0.5, 0.6) is 0 Å². The first-order valence-electron chi connectivity index (χ1n) is 14.2. The maximum Gasteiger partial charge on any atom is 0.0754 e. The van der Waals surface area contributed by atoms with Crippen molar-refractivity contribution in [1.82, 2.24) is 0 Å². The van der Waals surface area contributed by atoms with Crippen molar-refractivity contribution in [2.24, 2.45) is 4.99 Å². The third-order valence-corrected chi connectivity index (χ3v) is 8.54. The number of para-hydroxylation sites is 3. The van der Waals surface area contributed by atoms with E-state index < -0.39 is 5.41 Å². The van der Waals surface area contributed by atoms with Crippen LogP contribution in [0.3, 0.4) is 0 Å². The lowest BCUT2D eigenvalue weighted by Gasteiger charge is -2.45. The van der Waals surface area contributed by atoms with E-state index in [2.05, 4.69) is 150 Å². The predicted molar refractivity (Wildman–Crippen MR) is 170 cm³/mol. The Morgan fingerprint density at radius 2 is 1.07 bits per heavy atom. The zero-order valence-corrected chi connectivity index (χ0v) is 22.6. The summed E-state index contributed by atoms with van der Waals surface area (Å²) in [5, 5.41) is 0. The van der Waals surface area contributed by atoms with Gasteiger partial charge >= 0.3 is 0 Å². The van der Waals surface area contributed by atoms with E-state index in [0.717, 1.165) is 11.3 Å². The minimum Gasteiger partial charge on any atom is -0.310 e. The lowest BCUT2D eigenvalue weighted by Crippen LogP contribution is -2.36. The van der Waals surface area contributed by atoms with Crippen LogP contribution in [0.2, 0.25) is 0 Å². The van der Waals surface area contributed by atoms with Crippen LogP contribution in [0.1, 0.15) is 33.4 Å². The summed E-state index contributed by atoms with van der Waals surface area (Å²) in [5.74, 6) is 0. The van der Waals surface area contributed by atoms with Crippen molar-refractivity contribution in [2.45, 2.75) is 12.0 Å². The van der Waals surface area contributed by atoms with Gasteiger partial charge in [-0.1, -0.05) is 127 Å². The molecule has 0 radical (unpaired) electrons. The second kappa shape index (κ2) is 9.46. The third kappa shape index (κ3) is 3.54. The zero-order chi connectivity index (χ0) is 27.2. The Labute approximate surface area is 240 Å². The Morgan fingerprint density at radius 1 is 0.512 bits per heavy atom. The zero-order valence-electron chi connectivity index (χ0n) is 22.6. The third-order valence-electron chi connectivity index (χ3n) is 8.54. The van der Waals surface area contributed by atoms with Gasteiger partial charge < -0.3 is 4.90 Å². The van der Waals surface area contributed by atoms with Gasteiger partial charge in [0.15, 0.2) is 0 Å². The van der Waals surface area contributed by atoms with Gasteiger partial charge in [-0.15, -0.1) is 0 Å². The smallest absolute Gasteiger partial charge is 0.0754 e. The van der Waals surface area contributed by atoms with Crippen LogP contribution in [0, 0.1) is 0 Å². The van der Waals surface area contributed by atoms with Gasteiger partial charge in [0.05, 0.1) is 23.3 Å². The molecule has 6 aromatic rings. The van der Waals surface area contributed by atoms with Crippen molar-refractivity contribution < 1.29 is 0 Å². The van der Waals surface area contributed by atoms with Gasteiger partial charge in [0.2, 0.25) is 0 Å². The minimum absolute atomic E-state index is 0.427. The number of anilines is 3. The van der Waals surface area contributed by atoms with Gasteiger partial charge in [-0.05, 0) is 68.8 Å². The van der Waals surface area contributed by atoms with E-state index >= 15 is 0 Å². The molecule has 8 rings (SSSR count). The van der Waals surface area contributed by atoms with E-state index in [-0.39, 0.29) is 0 Å². The first kappa shape index (κ1) is 23.7. The standard InChI is InChI=1S/C39H28N2/c1-3-13-28(14-4-1)26-40-27-29-23-24-32-31-17-7-8-18-33(31)39(36(32)25-29)34-19-9-11-21-37(34)41(30-15-5-2-6-16-30)38-22-12-10-20-35(38)39/h1-26H,27H2/b40-26+. The van der Waals surface area contributed by atoms with Crippen LogP contribution >= 0.6 is 0 Å². The fraction of sp³-hybridized carbons (Fsp3) is 0.0513. The monoisotopic (exact) mass is 524 g/mol. The summed E-state index contributed by atoms with van der Waals surface area (Å²) in [6, 6.07) is 54.8. The number of hydrogen-bond donors (Lipinski definition) is 0. The van der Waals surface area contributed by atoms with Gasteiger partial charge in [-0.3, -0.25) is 4.99 Å². The Balaban J connectivity index is 1.38. The number of benzene rings is 6. The number of rotatable bonds is 4. The van der Waals surface area contributed by atoms with E-state index in [9.17, 15) is 0 Å². The SMILES string of the molecule is C(=N\Cc1ccc2c(c1)C1(c3ccccc3-2)c2ccccc2N(c2ccccc2)c2ccccc21)/c1ccccc1. The molecule has 0 saturated heterocycles. The van der Waals surface area contributed by atoms with Crippen molar-refractivity contribution in [2.75, 3.05) is 4.90 Å². The Kier molecular flexibility index (Phi) is 5.46. The molecule has 2 heteroatoms. The minimum atomic E-state index is -0.427. The fourth-order valence-electron chi connectivity index (χ4n) is 6.90. The van der Waals surface area contributed by atoms with Crippen LogP contribution in [-0.4, -0.2) is 6.21 Å². The maximum absolute atomic E-state index is 4.83. The van der Waals surface area contributed by atoms with Gasteiger partial charge in [-0.25, -0.2) is 0 Å². The second-order valence-electron chi connectivity index (χ2n) is 10.8. The molecule has 0 unspecified atom stereocenters. The summed E-state index contributed by atoms with van der Waals surface area (Å²) in [6.07, 6.45) is 1.97. The van der Waals surface area contributed by atoms with Gasteiger partial charge in [0, 0.05) is 11.9 Å². The van der Waals surface area contributed by atoms with Gasteiger partial charge in [0.1, 0.15) is 0 Å². The molecule has 0 fully saturated rings. The van der Waals surface area contributed by atoms with E-state index in [1.54, 1.807) is 0 Å². The molecule has 1 heterocycles. The number of hydrogen-bond acceptors (Lipinski definition) is 2. The van der Waals surface area contributed by atoms with Crippen LogP contribution in [0.15, 0.2) is 157 Å². The molecule has 1 aliphatic carbocycles. The molecule has 0 N–H and O–H groups in total. The average molecular weight is 525 g/mol. The van der Waals surface area contributed by atoms with Crippen LogP contribution in [0.25, 0.3) is 11.1 Å². The average Bonchev–Trinajstić information content (AvgIpc) is 3.33.